The van der Waals surface area contributed by atoms with Crippen molar-refractivity contribution in [3.05, 3.63) is 29.6 Å². The summed E-state index contributed by atoms with van der Waals surface area (Å²) in [6.07, 6.45) is 0.252. The molecule has 0 aromatic heterocycles. The topological polar surface area (TPSA) is 77.2 Å². The molecule has 1 aromatic rings. The molecule has 2 fully saturated rings. The molecule has 2 aliphatic heterocycles. The van der Waals surface area contributed by atoms with E-state index in [1.165, 1.54) is 31.2 Å². The average molecular weight is 417 g/mol. The van der Waals surface area contributed by atoms with Gasteiger partial charge >= 0.3 is 6.18 Å². The highest BCUT2D eigenvalue weighted by atomic mass is 19.4. The van der Waals surface area contributed by atoms with Crippen molar-refractivity contribution >= 4 is 11.9 Å². The highest BCUT2D eigenvalue weighted by molar-refractivity contribution is 6.00. The van der Waals surface area contributed by atoms with Crippen molar-refractivity contribution in [3.63, 3.8) is 0 Å². The van der Waals surface area contributed by atoms with E-state index in [1.54, 1.807) is 0 Å². The van der Waals surface area contributed by atoms with E-state index < -0.39 is 30.1 Å². The number of aliphatic imine (C=N–C) groups is 1. The molecular formula is C19H23F4N3O3. The van der Waals surface area contributed by atoms with E-state index in [0.29, 0.717) is 0 Å². The van der Waals surface area contributed by atoms with Crippen LogP contribution in [0.1, 0.15) is 31.2 Å². The molecule has 1 aliphatic carbocycles. The molecule has 6 nitrogen and oxygen atoms in total. The molecule has 2 N–H and O–H groups in total. The third-order valence-corrected chi connectivity index (χ3v) is 4.90. The highest BCUT2D eigenvalue weighted by Crippen LogP contribution is 2.44. The van der Waals surface area contributed by atoms with Crippen molar-refractivity contribution in [2.75, 3.05) is 26.9 Å². The molecule has 1 aromatic carbocycles. The molecule has 2 unspecified atom stereocenters. The van der Waals surface area contributed by atoms with Gasteiger partial charge in [0.2, 0.25) is 5.91 Å². The number of guanidine groups is 1. The molecule has 1 saturated heterocycles. The Hall–Kier alpha value is -2.36. The molecule has 2 heterocycles. The van der Waals surface area contributed by atoms with Gasteiger partial charge in [-0.25, -0.2) is 9.38 Å². The lowest BCUT2D eigenvalue weighted by Gasteiger charge is -2.45. The minimum Gasteiger partial charge on any atom is -0.484 e. The van der Waals surface area contributed by atoms with Gasteiger partial charge in [-0.1, -0.05) is 19.3 Å². The fourth-order valence-electron chi connectivity index (χ4n) is 3.25. The minimum absolute atomic E-state index is 0.0775. The summed E-state index contributed by atoms with van der Waals surface area (Å²) in [6, 6.07) is 3.19. The van der Waals surface area contributed by atoms with Crippen molar-refractivity contribution in [1.29, 1.82) is 0 Å². The van der Waals surface area contributed by atoms with Crippen LogP contribution >= 0.6 is 0 Å². The minimum atomic E-state index is -4.53. The van der Waals surface area contributed by atoms with Crippen molar-refractivity contribution in [1.82, 2.24) is 4.90 Å². The zero-order valence-corrected chi connectivity index (χ0v) is 16.0. The summed E-state index contributed by atoms with van der Waals surface area (Å²) in [5.41, 5.74) is 4.28. The van der Waals surface area contributed by atoms with Gasteiger partial charge in [0, 0.05) is 19.2 Å². The number of benzene rings is 1. The van der Waals surface area contributed by atoms with Crippen LogP contribution in [0.2, 0.25) is 0 Å². The monoisotopic (exact) mass is 417 g/mol. The maximum atomic E-state index is 14.6. The number of fused-ring (bicyclic) bond motifs is 1. The van der Waals surface area contributed by atoms with Crippen molar-refractivity contribution in [2.24, 2.45) is 16.6 Å². The van der Waals surface area contributed by atoms with Crippen LogP contribution in [0.15, 0.2) is 23.2 Å². The molecule has 2 atom stereocenters. The van der Waals surface area contributed by atoms with Crippen LogP contribution in [0.3, 0.4) is 0 Å². The molecule has 1 saturated carbocycles. The SMILES string of the molecule is C1CC1.CN1C(=O)C2CCOCC2(c2cc(OCC(F)(F)F)ccc2F)N=C1N. The predicted octanol–water partition coefficient (Wildman–Crippen LogP) is 2.96. The fourth-order valence-corrected chi connectivity index (χ4v) is 3.25. The highest BCUT2D eigenvalue weighted by Gasteiger charge is 2.52. The number of carbonyl (C=O) groups excluding carboxylic acids is 1. The van der Waals surface area contributed by atoms with Gasteiger partial charge in [-0.3, -0.25) is 9.69 Å². The zero-order valence-electron chi connectivity index (χ0n) is 16.0. The first-order chi connectivity index (χ1) is 13.6. The normalized spacial score (nSPS) is 26.1. The molecule has 1 amide bonds. The Balaban J connectivity index is 0.000000732. The molecule has 4 rings (SSSR count). The molecule has 29 heavy (non-hydrogen) atoms. The van der Waals surface area contributed by atoms with Gasteiger partial charge < -0.3 is 15.2 Å². The first kappa shape index (κ1) is 21.4. The summed E-state index contributed by atoms with van der Waals surface area (Å²) in [6.45, 7) is -1.34. The maximum Gasteiger partial charge on any atom is 0.422 e. The third kappa shape index (κ3) is 4.80. The van der Waals surface area contributed by atoms with Crippen LogP contribution in [0.4, 0.5) is 17.6 Å². The summed E-state index contributed by atoms with van der Waals surface area (Å²) >= 11 is 0. The number of nitrogens with two attached hydrogens (primary N) is 1. The Labute approximate surface area is 165 Å². The van der Waals surface area contributed by atoms with E-state index in [0.717, 1.165) is 18.2 Å². The Morgan fingerprint density at radius 2 is 2.03 bits per heavy atom. The number of carbonyl (C=O) groups is 1. The Kier molecular flexibility index (Phi) is 6.02. The smallest absolute Gasteiger partial charge is 0.422 e. The van der Waals surface area contributed by atoms with E-state index in [9.17, 15) is 22.4 Å². The first-order valence-corrected chi connectivity index (χ1v) is 9.34. The summed E-state index contributed by atoms with van der Waals surface area (Å²) in [7, 11) is 1.46. The van der Waals surface area contributed by atoms with Gasteiger partial charge in [0.1, 0.15) is 17.1 Å². The van der Waals surface area contributed by atoms with Gasteiger partial charge in [-0.15, -0.1) is 0 Å². The third-order valence-electron chi connectivity index (χ3n) is 4.90. The van der Waals surface area contributed by atoms with Crippen molar-refractivity contribution in [3.8, 4) is 5.75 Å². The predicted molar refractivity (Wildman–Crippen MR) is 96.8 cm³/mol. The number of amides is 1. The lowest BCUT2D eigenvalue weighted by molar-refractivity contribution is -0.153. The van der Waals surface area contributed by atoms with Crippen LogP contribution in [-0.4, -0.2) is 49.8 Å². The number of ether oxygens (including phenoxy) is 2. The first-order valence-electron chi connectivity index (χ1n) is 9.34. The second kappa shape index (κ2) is 8.17. The standard InChI is InChI=1S/C16H17F4N3O3.C3H6/c1-23-13(24)10-4-5-25-7-15(10,22-14(23)21)11-6-9(2-3-12(11)17)26-8-16(18,19)20;1-2-3-1/h2-3,6,10H,4-5,7-8H2,1H3,(H2,21,22);1-3H2. The fraction of sp³-hybridized carbons (Fsp3) is 0.579. The van der Waals surface area contributed by atoms with Gasteiger partial charge in [0.15, 0.2) is 12.6 Å². The quantitative estimate of drug-likeness (QED) is 0.768. The number of nitrogens with zero attached hydrogens (tertiary/aromatic N) is 2. The Morgan fingerprint density at radius 1 is 1.34 bits per heavy atom. The molecule has 10 heteroatoms. The van der Waals surface area contributed by atoms with Crippen LogP contribution in [-0.2, 0) is 15.1 Å². The Bertz CT molecular complexity index is 795. The largest absolute Gasteiger partial charge is 0.484 e. The number of hydrogen-bond acceptors (Lipinski definition) is 5. The molecular weight excluding hydrogens is 394 g/mol. The van der Waals surface area contributed by atoms with Crippen LogP contribution < -0.4 is 10.5 Å². The summed E-state index contributed by atoms with van der Waals surface area (Å²) in [5, 5.41) is 0. The number of halogens is 4. The molecule has 0 bridgehead atoms. The van der Waals surface area contributed by atoms with E-state index in [4.69, 9.17) is 15.2 Å². The second-order valence-corrected chi connectivity index (χ2v) is 7.29. The zero-order chi connectivity index (χ0) is 21.2. The molecule has 0 radical (unpaired) electrons. The van der Waals surface area contributed by atoms with Gasteiger partial charge in [0.05, 0.1) is 12.5 Å². The van der Waals surface area contributed by atoms with Crippen LogP contribution in [0, 0.1) is 11.7 Å². The Morgan fingerprint density at radius 3 is 2.66 bits per heavy atom. The van der Waals surface area contributed by atoms with E-state index >= 15 is 0 Å². The lowest BCUT2D eigenvalue weighted by atomic mass is 9.74. The maximum absolute atomic E-state index is 14.6. The van der Waals surface area contributed by atoms with E-state index in [2.05, 4.69) is 4.99 Å². The van der Waals surface area contributed by atoms with Crippen molar-refractivity contribution in [2.45, 2.75) is 37.4 Å². The summed E-state index contributed by atoms with van der Waals surface area (Å²) in [4.78, 5) is 18.1. The van der Waals surface area contributed by atoms with E-state index in [1.807, 2.05) is 0 Å². The molecule has 160 valence electrons. The number of alkyl halides is 3. The van der Waals surface area contributed by atoms with Gasteiger partial charge in [0.25, 0.3) is 0 Å². The van der Waals surface area contributed by atoms with Crippen LogP contribution in [0.25, 0.3) is 0 Å². The molecule has 3 aliphatic rings. The summed E-state index contributed by atoms with van der Waals surface area (Å²) < 4.78 is 61.8. The lowest BCUT2D eigenvalue weighted by Crippen LogP contribution is -2.58. The second-order valence-electron chi connectivity index (χ2n) is 7.29. The number of rotatable bonds is 3. The number of hydrogen-bond donors (Lipinski definition) is 1. The molecule has 0 spiro atoms. The van der Waals surface area contributed by atoms with Crippen molar-refractivity contribution < 1.29 is 31.8 Å². The summed E-state index contributed by atoms with van der Waals surface area (Å²) in [5.74, 6) is -2.10. The van der Waals surface area contributed by atoms with Gasteiger partial charge in [-0.05, 0) is 24.6 Å². The average Bonchev–Trinajstić information content (AvgIpc) is 3.54. The van der Waals surface area contributed by atoms with Crippen LogP contribution in [0.5, 0.6) is 5.75 Å². The van der Waals surface area contributed by atoms with E-state index in [-0.39, 0.29) is 42.8 Å². The van der Waals surface area contributed by atoms with Gasteiger partial charge in [-0.2, -0.15) is 13.2 Å².